The minimum atomic E-state index is 0. The van der Waals surface area contributed by atoms with Crippen molar-refractivity contribution >= 4 is 60.3 Å². The summed E-state index contributed by atoms with van der Waals surface area (Å²) in [5.41, 5.74) is 1.35. The first-order valence-corrected chi connectivity index (χ1v) is 10.4. The molecule has 0 aromatic heterocycles. The summed E-state index contributed by atoms with van der Waals surface area (Å²) in [4.78, 5) is 0. The van der Waals surface area contributed by atoms with E-state index < -0.39 is 0 Å². The zero-order valence-electron chi connectivity index (χ0n) is 17.0. The molecule has 29 heavy (non-hydrogen) atoms. The van der Waals surface area contributed by atoms with Crippen LogP contribution in [0, 0.1) is 6.92 Å². The normalized spacial score (nSPS) is 9.55. The van der Waals surface area contributed by atoms with E-state index in [0.717, 1.165) is 0 Å². The Morgan fingerprint density at radius 2 is 1.07 bits per heavy atom. The van der Waals surface area contributed by atoms with E-state index in [-0.39, 0.29) is 24.8 Å². The number of aryl methyl sites for hydroxylation is 1. The predicted molar refractivity (Wildman–Crippen MR) is 132 cm³/mol. The fourth-order valence-corrected chi connectivity index (χ4v) is 3.21. The topological polar surface area (TPSA) is 0 Å². The zero-order chi connectivity index (χ0) is 19.2. The molecular formula is C26H26Cl2Zr. The summed E-state index contributed by atoms with van der Waals surface area (Å²) in [6.45, 7) is 6.37. The molecule has 0 N–H and O–H groups in total. The van der Waals surface area contributed by atoms with Crippen LogP contribution in [0.3, 0.4) is 0 Å². The molecule has 5 aromatic rings. The van der Waals surface area contributed by atoms with Crippen LogP contribution in [0.1, 0.15) is 19.4 Å². The molecule has 0 saturated carbocycles. The van der Waals surface area contributed by atoms with E-state index in [1.165, 1.54) is 41.1 Å². The van der Waals surface area contributed by atoms with E-state index in [9.17, 15) is 0 Å². The van der Waals surface area contributed by atoms with Gasteiger partial charge in [-0.1, -0.05) is 49.4 Å². The molecule has 5 rings (SSSR count). The molecule has 0 aliphatic carbocycles. The van der Waals surface area contributed by atoms with Gasteiger partial charge in [-0.25, -0.2) is 0 Å². The quantitative estimate of drug-likeness (QED) is 0.188. The van der Waals surface area contributed by atoms with E-state index in [1.807, 2.05) is 0 Å². The second-order valence-electron chi connectivity index (χ2n) is 6.98. The van der Waals surface area contributed by atoms with Crippen molar-refractivity contribution in [2.45, 2.75) is 20.8 Å². The van der Waals surface area contributed by atoms with Crippen molar-refractivity contribution < 1.29 is 24.2 Å². The molecule has 5 aromatic carbocycles. The predicted octanol–water partition coefficient (Wildman–Crippen LogP) is 8.17. The molecule has 0 aliphatic heterocycles. The fraction of sp³-hybridized carbons (Fsp3) is 0.115. The summed E-state index contributed by atoms with van der Waals surface area (Å²) in [5.74, 6) is 0. The van der Waals surface area contributed by atoms with Gasteiger partial charge in [-0.3, -0.25) is 0 Å². The molecule has 0 saturated heterocycles. The van der Waals surface area contributed by atoms with Crippen molar-refractivity contribution in [1.29, 1.82) is 0 Å². The molecule has 0 aliphatic rings. The summed E-state index contributed by atoms with van der Waals surface area (Å²) in [6.07, 6.45) is 0. The SMILES string of the molecule is C[C](C)=[Zr+2].Cc1cc2ccccc2[cH-]1.Cl.Cl.c1ccc2c(c1)[cH-]c1ccccc12. The van der Waals surface area contributed by atoms with Crippen LogP contribution in [0.15, 0.2) is 91.0 Å². The summed E-state index contributed by atoms with van der Waals surface area (Å²) in [6, 6.07) is 32.1. The average Bonchev–Trinajstić information content (AvgIpc) is 3.21. The van der Waals surface area contributed by atoms with Gasteiger partial charge in [0.2, 0.25) is 0 Å². The summed E-state index contributed by atoms with van der Waals surface area (Å²) >= 11 is 1.55. The Hall–Kier alpha value is -1.53. The fourth-order valence-electron chi connectivity index (χ4n) is 3.21. The monoisotopic (exact) mass is 498 g/mol. The number of halogens is 2. The third-order valence-electron chi connectivity index (χ3n) is 4.29. The van der Waals surface area contributed by atoms with Crippen LogP contribution in [0.2, 0.25) is 0 Å². The van der Waals surface area contributed by atoms with Crippen LogP contribution in [0.25, 0.3) is 32.3 Å². The van der Waals surface area contributed by atoms with Gasteiger partial charge in [0.05, 0.1) is 0 Å². The van der Waals surface area contributed by atoms with Gasteiger partial charge in [-0.2, -0.15) is 6.07 Å². The maximum absolute atomic E-state index is 2.24. The van der Waals surface area contributed by atoms with Crippen molar-refractivity contribution in [3.8, 4) is 0 Å². The number of benzene rings is 3. The Balaban J connectivity index is 0.000000237. The van der Waals surface area contributed by atoms with E-state index in [1.54, 1.807) is 24.2 Å². The van der Waals surface area contributed by atoms with E-state index >= 15 is 0 Å². The standard InChI is InChI=1S/C13H9.C10H9.C3H6.2ClH.Zr/c1-3-7-12-10(5-1)9-11-6-2-4-8-13(11)12;1-8-6-9-4-2-3-5-10(9)7-8;1-3-2;;;/h1-9H;2-7H,1H3;1-2H3;2*1H;/q2*-1;;;;+2. The second kappa shape index (κ2) is 12.2. The van der Waals surface area contributed by atoms with Gasteiger partial charge in [0.15, 0.2) is 0 Å². The molecule has 0 nitrogen and oxygen atoms in total. The van der Waals surface area contributed by atoms with Gasteiger partial charge in [0, 0.05) is 0 Å². The van der Waals surface area contributed by atoms with Gasteiger partial charge in [0.1, 0.15) is 0 Å². The molecular weight excluding hydrogens is 474 g/mol. The smallest absolute Gasteiger partial charge is 0.0579 e. The molecule has 148 valence electrons. The van der Waals surface area contributed by atoms with Crippen molar-refractivity contribution in [2.75, 3.05) is 0 Å². The number of rotatable bonds is 0. The van der Waals surface area contributed by atoms with E-state index in [0.29, 0.717) is 0 Å². The van der Waals surface area contributed by atoms with Gasteiger partial charge >= 0.3 is 41.3 Å². The van der Waals surface area contributed by atoms with Crippen LogP contribution in [0.5, 0.6) is 0 Å². The van der Waals surface area contributed by atoms with Crippen molar-refractivity contribution in [2.24, 2.45) is 0 Å². The van der Waals surface area contributed by atoms with Crippen LogP contribution in [-0.2, 0) is 24.2 Å². The third kappa shape index (κ3) is 7.04. The summed E-state index contributed by atoms with van der Waals surface area (Å²) < 4.78 is 1.51. The van der Waals surface area contributed by atoms with Crippen molar-refractivity contribution in [3.63, 3.8) is 0 Å². The van der Waals surface area contributed by atoms with Crippen LogP contribution in [0.4, 0.5) is 0 Å². The van der Waals surface area contributed by atoms with Crippen LogP contribution >= 0.6 is 24.8 Å². The first kappa shape index (κ1) is 25.5. The number of hydrogen-bond acceptors (Lipinski definition) is 0. The van der Waals surface area contributed by atoms with Gasteiger partial charge < -0.3 is 0 Å². The molecule has 0 bridgehead atoms. The first-order valence-electron chi connectivity index (χ1n) is 9.21. The molecule has 0 fully saturated rings. The zero-order valence-corrected chi connectivity index (χ0v) is 21.1. The Bertz CT molecular complexity index is 1090. The third-order valence-corrected chi connectivity index (χ3v) is 4.29. The molecule has 0 atom stereocenters. The number of hydrogen-bond donors (Lipinski definition) is 0. The van der Waals surface area contributed by atoms with Crippen LogP contribution < -0.4 is 0 Å². The van der Waals surface area contributed by atoms with Crippen LogP contribution in [-0.4, -0.2) is 3.21 Å². The Labute approximate surface area is 200 Å². The maximum Gasteiger partial charge on any atom is -0.0579 e. The molecule has 0 unspecified atom stereocenters. The minimum Gasteiger partial charge on any atom is -0.165 e. The largest absolute Gasteiger partial charge is 0.165 e. The van der Waals surface area contributed by atoms with Gasteiger partial charge in [0.25, 0.3) is 0 Å². The summed E-state index contributed by atoms with van der Waals surface area (Å²) in [7, 11) is 0. The van der Waals surface area contributed by atoms with Crippen molar-refractivity contribution in [3.05, 3.63) is 96.6 Å². The Kier molecular flexibility index (Phi) is 10.8. The van der Waals surface area contributed by atoms with E-state index in [2.05, 4.69) is 112 Å². The Morgan fingerprint density at radius 1 is 0.655 bits per heavy atom. The Morgan fingerprint density at radius 3 is 1.55 bits per heavy atom. The molecule has 0 radical (unpaired) electrons. The molecule has 0 heterocycles. The first-order chi connectivity index (χ1) is 13.0. The molecule has 0 amide bonds. The molecule has 3 heteroatoms. The second-order valence-corrected chi connectivity index (χ2v) is 9.44. The van der Waals surface area contributed by atoms with Crippen molar-refractivity contribution in [1.82, 2.24) is 0 Å². The minimum absolute atomic E-state index is 0. The number of fused-ring (bicyclic) bond motifs is 4. The average molecular weight is 501 g/mol. The van der Waals surface area contributed by atoms with Gasteiger partial charge in [-0.05, 0) is 0 Å². The maximum atomic E-state index is 2.24. The summed E-state index contributed by atoms with van der Waals surface area (Å²) in [5, 5.41) is 8.09. The molecule has 0 spiro atoms. The van der Waals surface area contributed by atoms with Gasteiger partial charge in [-0.15, -0.1) is 105 Å². The van der Waals surface area contributed by atoms with E-state index in [4.69, 9.17) is 0 Å².